The van der Waals surface area contributed by atoms with Crippen molar-refractivity contribution in [2.75, 3.05) is 27.2 Å². The fraction of sp³-hybridized carbons (Fsp3) is 0.964. The predicted octanol–water partition coefficient (Wildman–Crippen LogP) is 7.52. The standard InChI is InChI=1S/C20H44N.C8H16O2/c1-5-7-9-11-13-14-16-18-20-21(3,4)19-17-15-12-10-8-6-2;1-3-5-6-7(4-2)8(9)10/h5-20H2,1-4H3;7H,3-6H2,1-2H3,(H,9,10)/q+1;/p-1. The highest BCUT2D eigenvalue weighted by molar-refractivity contribution is 5.67. The number of unbranched alkanes of at least 4 members (excludes halogenated alkanes) is 13. The number of rotatable bonds is 21. The van der Waals surface area contributed by atoms with Crippen LogP contribution >= 0.6 is 0 Å². The minimum Gasteiger partial charge on any atom is -0.550 e. The van der Waals surface area contributed by atoms with Gasteiger partial charge in [0.05, 0.1) is 27.2 Å². The molecule has 0 aliphatic heterocycles. The molecule has 0 aromatic rings. The lowest BCUT2D eigenvalue weighted by Gasteiger charge is -2.30. The van der Waals surface area contributed by atoms with Gasteiger partial charge in [0.25, 0.3) is 0 Å². The Morgan fingerprint density at radius 2 is 0.968 bits per heavy atom. The Kier molecular flexibility index (Phi) is 25.3. The van der Waals surface area contributed by atoms with Gasteiger partial charge in [0.15, 0.2) is 0 Å². The lowest BCUT2D eigenvalue weighted by atomic mass is 10.00. The van der Waals surface area contributed by atoms with Gasteiger partial charge in [0.1, 0.15) is 0 Å². The molecule has 0 aliphatic rings. The van der Waals surface area contributed by atoms with E-state index in [1.54, 1.807) is 0 Å². The van der Waals surface area contributed by atoms with Crippen molar-refractivity contribution in [3.05, 3.63) is 0 Å². The number of hydrogen-bond donors (Lipinski definition) is 0. The molecule has 0 amide bonds. The van der Waals surface area contributed by atoms with E-state index in [4.69, 9.17) is 0 Å². The molecule has 0 saturated carbocycles. The maximum absolute atomic E-state index is 10.3. The molecule has 1 unspecified atom stereocenters. The predicted molar refractivity (Wildman–Crippen MR) is 136 cm³/mol. The molecule has 0 N–H and O–H groups in total. The van der Waals surface area contributed by atoms with Crippen LogP contribution in [0.4, 0.5) is 0 Å². The third kappa shape index (κ3) is 25.6. The maximum atomic E-state index is 10.3. The van der Waals surface area contributed by atoms with Crippen LogP contribution in [0.3, 0.4) is 0 Å². The molecule has 3 nitrogen and oxygen atoms in total. The number of carbonyl (C=O) groups is 1. The normalized spacial score (nSPS) is 12.3. The fourth-order valence-corrected chi connectivity index (χ4v) is 4.04. The Bertz CT molecular complexity index is 368. The second-order valence-electron chi connectivity index (χ2n) is 10.2. The monoisotopic (exact) mass is 441 g/mol. The van der Waals surface area contributed by atoms with Gasteiger partial charge >= 0.3 is 0 Å². The fourth-order valence-electron chi connectivity index (χ4n) is 4.04. The van der Waals surface area contributed by atoms with Crippen molar-refractivity contribution in [2.24, 2.45) is 5.92 Å². The molecular formula is C28H59NO2. The van der Waals surface area contributed by atoms with Gasteiger partial charge in [-0.2, -0.15) is 0 Å². The third-order valence-electron chi connectivity index (χ3n) is 6.47. The first-order valence-corrected chi connectivity index (χ1v) is 13.9. The minimum absolute atomic E-state index is 0.222. The van der Waals surface area contributed by atoms with Crippen LogP contribution in [0.5, 0.6) is 0 Å². The van der Waals surface area contributed by atoms with Crippen LogP contribution in [-0.4, -0.2) is 37.6 Å². The van der Waals surface area contributed by atoms with E-state index in [2.05, 4.69) is 34.9 Å². The Labute approximate surface area is 197 Å². The molecule has 188 valence electrons. The first-order valence-electron chi connectivity index (χ1n) is 13.9. The van der Waals surface area contributed by atoms with E-state index in [0.717, 1.165) is 19.3 Å². The molecule has 0 fully saturated rings. The average Bonchev–Trinajstić information content (AvgIpc) is 2.73. The zero-order valence-electron chi connectivity index (χ0n) is 22.5. The molecule has 0 radical (unpaired) electrons. The lowest BCUT2D eigenvalue weighted by molar-refractivity contribution is -0.890. The average molecular weight is 442 g/mol. The Hall–Kier alpha value is -0.570. The minimum atomic E-state index is -0.893. The first kappa shape index (κ1) is 32.6. The van der Waals surface area contributed by atoms with Crippen molar-refractivity contribution < 1.29 is 14.4 Å². The Balaban J connectivity index is 0. The van der Waals surface area contributed by atoms with E-state index < -0.39 is 5.97 Å². The summed E-state index contributed by atoms with van der Waals surface area (Å²) in [6.45, 7) is 11.3. The van der Waals surface area contributed by atoms with Gasteiger partial charge in [-0.15, -0.1) is 0 Å². The van der Waals surface area contributed by atoms with Crippen LogP contribution in [-0.2, 0) is 4.79 Å². The number of carboxylic acid groups (broad SMARTS) is 1. The van der Waals surface area contributed by atoms with Crippen LogP contribution in [0.2, 0.25) is 0 Å². The third-order valence-corrected chi connectivity index (χ3v) is 6.47. The molecule has 0 bridgehead atoms. The number of quaternary nitrogens is 1. The number of aliphatic carboxylic acids is 1. The van der Waals surface area contributed by atoms with Gasteiger partial charge in [0, 0.05) is 5.97 Å². The van der Waals surface area contributed by atoms with Crippen molar-refractivity contribution >= 4 is 5.97 Å². The van der Waals surface area contributed by atoms with Crippen molar-refractivity contribution in [3.8, 4) is 0 Å². The molecule has 1 atom stereocenters. The van der Waals surface area contributed by atoms with Crippen molar-refractivity contribution in [1.82, 2.24) is 0 Å². The van der Waals surface area contributed by atoms with E-state index in [9.17, 15) is 9.90 Å². The SMILES string of the molecule is CCCCC(CC)C(=O)[O-].CCCCCCCCCC[N+](C)(C)CCCCCCCC. The zero-order chi connectivity index (χ0) is 23.8. The van der Waals surface area contributed by atoms with Crippen molar-refractivity contribution in [1.29, 1.82) is 0 Å². The number of carbonyl (C=O) groups excluding carboxylic acids is 1. The maximum Gasteiger partial charge on any atom is 0.0782 e. The summed E-state index contributed by atoms with van der Waals surface area (Å²) in [6, 6.07) is 0. The Morgan fingerprint density at radius 1 is 0.613 bits per heavy atom. The molecule has 0 aromatic heterocycles. The first-order chi connectivity index (χ1) is 14.8. The van der Waals surface area contributed by atoms with Crippen LogP contribution in [0, 0.1) is 5.92 Å². The summed E-state index contributed by atoms with van der Waals surface area (Å²) in [5, 5.41) is 10.3. The molecule has 0 spiro atoms. The second kappa shape index (κ2) is 24.1. The van der Waals surface area contributed by atoms with Gasteiger partial charge in [-0.05, 0) is 44.4 Å². The van der Waals surface area contributed by atoms with Gasteiger partial charge in [0.2, 0.25) is 0 Å². The summed E-state index contributed by atoms with van der Waals surface area (Å²) in [4.78, 5) is 10.3. The zero-order valence-corrected chi connectivity index (χ0v) is 22.5. The smallest absolute Gasteiger partial charge is 0.0782 e. The molecule has 0 saturated heterocycles. The summed E-state index contributed by atoms with van der Waals surface area (Å²) < 4.78 is 1.24. The van der Waals surface area contributed by atoms with Crippen LogP contribution in [0.25, 0.3) is 0 Å². The highest BCUT2D eigenvalue weighted by atomic mass is 16.4. The molecular weight excluding hydrogens is 382 g/mol. The summed E-state index contributed by atoms with van der Waals surface area (Å²) in [6.07, 6.45) is 23.6. The van der Waals surface area contributed by atoms with Crippen molar-refractivity contribution in [3.63, 3.8) is 0 Å². The Morgan fingerprint density at radius 3 is 1.29 bits per heavy atom. The van der Waals surface area contributed by atoms with E-state index in [0.29, 0.717) is 6.42 Å². The highest BCUT2D eigenvalue weighted by Crippen LogP contribution is 2.12. The van der Waals surface area contributed by atoms with E-state index in [1.807, 2.05) is 6.92 Å². The summed E-state index contributed by atoms with van der Waals surface area (Å²) in [5.41, 5.74) is 0. The van der Waals surface area contributed by atoms with E-state index in [1.165, 1.54) is 107 Å². The molecule has 0 rings (SSSR count). The topological polar surface area (TPSA) is 40.1 Å². The van der Waals surface area contributed by atoms with Gasteiger partial charge in [-0.3, -0.25) is 0 Å². The van der Waals surface area contributed by atoms with Crippen LogP contribution in [0.15, 0.2) is 0 Å². The molecule has 0 aromatic carbocycles. The highest BCUT2D eigenvalue weighted by Gasteiger charge is 2.13. The van der Waals surface area contributed by atoms with E-state index >= 15 is 0 Å². The summed E-state index contributed by atoms with van der Waals surface area (Å²) in [7, 11) is 4.85. The van der Waals surface area contributed by atoms with E-state index in [-0.39, 0.29) is 5.92 Å². The quantitative estimate of drug-likeness (QED) is 0.136. The van der Waals surface area contributed by atoms with Gasteiger partial charge in [-0.25, -0.2) is 0 Å². The molecule has 31 heavy (non-hydrogen) atoms. The number of nitrogens with zero attached hydrogens (tertiary/aromatic N) is 1. The lowest BCUT2D eigenvalue weighted by Crippen LogP contribution is -2.41. The molecule has 0 heterocycles. The number of carboxylic acids is 1. The van der Waals surface area contributed by atoms with Crippen LogP contribution in [0.1, 0.15) is 143 Å². The summed E-state index contributed by atoms with van der Waals surface area (Å²) >= 11 is 0. The van der Waals surface area contributed by atoms with Crippen LogP contribution < -0.4 is 5.11 Å². The number of hydrogen-bond acceptors (Lipinski definition) is 2. The largest absolute Gasteiger partial charge is 0.550 e. The molecule has 0 aliphatic carbocycles. The van der Waals surface area contributed by atoms with Gasteiger partial charge < -0.3 is 14.4 Å². The molecule has 3 heteroatoms. The van der Waals surface area contributed by atoms with Crippen molar-refractivity contribution in [2.45, 2.75) is 143 Å². The summed E-state index contributed by atoms with van der Waals surface area (Å²) in [5.74, 6) is -1.11. The second-order valence-corrected chi connectivity index (χ2v) is 10.2. The van der Waals surface area contributed by atoms with Gasteiger partial charge in [-0.1, -0.05) is 105 Å².